The monoisotopic (exact) mass is 450 g/mol. The molecule has 2 aromatic carbocycles. The first kappa shape index (κ1) is 21.5. The summed E-state index contributed by atoms with van der Waals surface area (Å²) >= 11 is 0. The molecule has 0 bridgehead atoms. The number of pyridine rings is 1. The molecule has 164 valence electrons. The number of anilines is 3. The lowest BCUT2D eigenvalue weighted by Gasteiger charge is -2.30. The standard InChI is InChI=1S/C23H22N4O4S/c1-16(28)25-19-8-10-21(11-9-19)32(30,31)26-20-7-6-17-5-3-13-27(22(17)14-20)23(29)18-4-2-12-24-15-18/h2,4,6-12,14-15,26H,3,5,13H2,1H3,(H,25,28). The number of carbonyl (C=O) groups excluding carboxylic acids is 2. The van der Waals surface area contributed by atoms with E-state index in [1.165, 1.54) is 37.4 Å². The van der Waals surface area contributed by atoms with Crippen LogP contribution >= 0.6 is 0 Å². The molecule has 3 aromatic rings. The molecule has 0 spiro atoms. The first-order valence-electron chi connectivity index (χ1n) is 10.1. The van der Waals surface area contributed by atoms with E-state index in [-0.39, 0.29) is 16.7 Å². The Morgan fingerprint density at radius 3 is 2.47 bits per heavy atom. The Kier molecular flexibility index (Phi) is 5.91. The fourth-order valence-corrected chi connectivity index (χ4v) is 4.68. The van der Waals surface area contributed by atoms with Crippen molar-refractivity contribution in [3.8, 4) is 0 Å². The first-order valence-corrected chi connectivity index (χ1v) is 11.6. The Hall–Kier alpha value is -3.72. The predicted octanol–water partition coefficient (Wildman–Crippen LogP) is 3.43. The Labute approximate surface area is 186 Å². The second-order valence-electron chi connectivity index (χ2n) is 7.46. The highest BCUT2D eigenvalue weighted by molar-refractivity contribution is 7.92. The van der Waals surface area contributed by atoms with Gasteiger partial charge in [0.05, 0.1) is 16.1 Å². The van der Waals surface area contributed by atoms with E-state index in [1.54, 1.807) is 35.4 Å². The molecule has 2 heterocycles. The number of benzene rings is 2. The number of aromatic nitrogens is 1. The molecule has 32 heavy (non-hydrogen) atoms. The summed E-state index contributed by atoms with van der Waals surface area (Å²) in [4.78, 5) is 29.9. The van der Waals surface area contributed by atoms with E-state index in [0.717, 1.165) is 18.4 Å². The van der Waals surface area contributed by atoms with Crippen LogP contribution in [0.3, 0.4) is 0 Å². The quantitative estimate of drug-likeness (QED) is 0.619. The third kappa shape index (κ3) is 4.62. The summed E-state index contributed by atoms with van der Waals surface area (Å²) < 4.78 is 28.3. The topological polar surface area (TPSA) is 108 Å². The van der Waals surface area contributed by atoms with Gasteiger partial charge >= 0.3 is 0 Å². The van der Waals surface area contributed by atoms with Crippen LogP contribution < -0.4 is 14.9 Å². The molecule has 0 fully saturated rings. The van der Waals surface area contributed by atoms with Gasteiger partial charge in [-0.3, -0.25) is 19.3 Å². The molecule has 1 aliphatic rings. The summed E-state index contributed by atoms with van der Waals surface area (Å²) in [6, 6.07) is 14.5. The number of nitrogens with zero attached hydrogens (tertiary/aromatic N) is 2. The summed E-state index contributed by atoms with van der Waals surface area (Å²) in [6.07, 6.45) is 4.76. The highest BCUT2D eigenvalue weighted by Crippen LogP contribution is 2.32. The SMILES string of the molecule is CC(=O)Nc1ccc(S(=O)(=O)Nc2ccc3c(c2)N(C(=O)c2cccnc2)CCC3)cc1. The van der Waals surface area contributed by atoms with Crippen LogP contribution in [0.2, 0.25) is 0 Å². The highest BCUT2D eigenvalue weighted by Gasteiger charge is 2.25. The Balaban J connectivity index is 1.59. The number of hydrogen-bond acceptors (Lipinski definition) is 5. The van der Waals surface area contributed by atoms with Crippen LogP contribution in [-0.2, 0) is 21.2 Å². The van der Waals surface area contributed by atoms with Crippen LogP contribution in [0.5, 0.6) is 0 Å². The first-order chi connectivity index (χ1) is 15.3. The van der Waals surface area contributed by atoms with Gasteiger partial charge < -0.3 is 10.2 Å². The largest absolute Gasteiger partial charge is 0.326 e. The minimum atomic E-state index is -3.85. The van der Waals surface area contributed by atoms with E-state index in [0.29, 0.717) is 29.2 Å². The molecule has 2 N–H and O–H groups in total. The fraction of sp³-hybridized carbons (Fsp3) is 0.174. The van der Waals surface area contributed by atoms with Gasteiger partial charge in [-0.05, 0) is 66.9 Å². The van der Waals surface area contributed by atoms with E-state index < -0.39 is 10.0 Å². The van der Waals surface area contributed by atoms with Crippen LogP contribution in [0.4, 0.5) is 17.1 Å². The van der Waals surface area contributed by atoms with Crippen molar-refractivity contribution in [3.63, 3.8) is 0 Å². The van der Waals surface area contributed by atoms with Crippen LogP contribution in [0, 0.1) is 0 Å². The number of rotatable bonds is 5. The normalized spacial score (nSPS) is 13.2. The summed E-state index contributed by atoms with van der Waals surface area (Å²) in [5, 5.41) is 2.60. The van der Waals surface area contributed by atoms with Gasteiger partial charge in [0.2, 0.25) is 5.91 Å². The lowest BCUT2D eigenvalue weighted by Crippen LogP contribution is -2.35. The Morgan fingerprint density at radius 2 is 1.78 bits per heavy atom. The fourth-order valence-electron chi connectivity index (χ4n) is 3.63. The minimum absolute atomic E-state index is 0.0626. The second kappa shape index (κ2) is 8.80. The smallest absolute Gasteiger partial charge is 0.261 e. The maximum atomic E-state index is 13.0. The molecule has 9 heteroatoms. The molecule has 0 atom stereocenters. The zero-order valence-electron chi connectivity index (χ0n) is 17.4. The van der Waals surface area contributed by atoms with E-state index in [2.05, 4.69) is 15.0 Å². The van der Waals surface area contributed by atoms with Gasteiger partial charge in [-0.2, -0.15) is 0 Å². The molecule has 1 aromatic heterocycles. The maximum Gasteiger partial charge on any atom is 0.261 e. The van der Waals surface area contributed by atoms with Gasteiger partial charge in [0.15, 0.2) is 0 Å². The lowest BCUT2D eigenvalue weighted by molar-refractivity contribution is -0.114. The van der Waals surface area contributed by atoms with Gasteiger partial charge in [0.1, 0.15) is 0 Å². The highest BCUT2D eigenvalue weighted by atomic mass is 32.2. The molecular weight excluding hydrogens is 428 g/mol. The average Bonchev–Trinajstić information content (AvgIpc) is 2.78. The van der Waals surface area contributed by atoms with Gasteiger partial charge in [0.25, 0.3) is 15.9 Å². The van der Waals surface area contributed by atoms with Crippen molar-refractivity contribution >= 4 is 38.9 Å². The van der Waals surface area contributed by atoms with Gasteiger partial charge in [-0.15, -0.1) is 0 Å². The number of fused-ring (bicyclic) bond motifs is 1. The van der Waals surface area contributed by atoms with Crippen LogP contribution in [-0.4, -0.2) is 31.8 Å². The maximum absolute atomic E-state index is 13.0. The zero-order valence-corrected chi connectivity index (χ0v) is 18.2. The minimum Gasteiger partial charge on any atom is -0.326 e. The van der Waals surface area contributed by atoms with Crippen molar-refractivity contribution in [2.24, 2.45) is 0 Å². The van der Waals surface area contributed by atoms with Crippen molar-refractivity contribution < 1.29 is 18.0 Å². The number of hydrogen-bond donors (Lipinski definition) is 2. The van der Waals surface area contributed by atoms with Crippen LogP contribution in [0.15, 0.2) is 71.9 Å². The molecule has 0 saturated carbocycles. The van der Waals surface area contributed by atoms with E-state index in [1.807, 2.05) is 6.07 Å². The molecule has 0 aliphatic carbocycles. The van der Waals surface area contributed by atoms with Gasteiger partial charge in [-0.25, -0.2) is 8.42 Å². The van der Waals surface area contributed by atoms with Crippen LogP contribution in [0.1, 0.15) is 29.3 Å². The van der Waals surface area contributed by atoms with E-state index in [9.17, 15) is 18.0 Å². The lowest BCUT2D eigenvalue weighted by atomic mass is 10.0. The number of amides is 2. The number of nitrogens with one attached hydrogen (secondary N) is 2. The molecule has 0 unspecified atom stereocenters. The molecule has 2 amide bonds. The zero-order chi connectivity index (χ0) is 22.7. The number of carbonyl (C=O) groups is 2. The Morgan fingerprint density at radius 1 is 1.03 bits per heavy atom. The summed E-state index contributed by atoms with van der Waals surface area (Å²) in [5.41, 5.74) is 3.02. The van der Waals surface area contributed by atoms with Gasteiger partial charge in [-0.1, -0.05) is 6.07 Å². The summed E-state index contributed by atoms with van der Waals surface area (Å²) in [7, 11) is -3.85. The number of aryl methyl sites for hydroxylation is 1. The van der Waals surface area contributed by atoms with Crippen molar-refractivity contribution in [2.75, 3.05) is 21.5 Å². The molecule has 0 saturated heterocycles. The van der Waals surface area contributed by atoms with Gasteiger partial charge in [0, 0.05) is 37.2 Å². The van der Waals surface area contributed by atoms with Crippen molar-refractivity contribution in [3.05, 3.63) is 78.1 Å². The molecular formula is C23H22N4O4S. The molecule has 1 aliphatic heterocycles. The second-order valence-corrected chi connectivity index (χ2v) is 9.14. The van der Waals surface area contributed by atoms with Crippen LogP contribution in [0.25, 0.3) is 0 Å². The van der Waals surface area contributed by atoms with Crippen molar-refractivity contribution in [1.82, 2.24) is 4.98 Å². The predicted molar refractivity (Wildman–Crippen MR) is 122 cm³/mol. The average molecular weight is 451 g/mol. The van der Waals surface area contributed by atoms with E-state index >= 15 is 0 Å². The van der Waals surface area contributed by atoms with Crippen molar-refractivity contribution in [1.29, 1.82) is 0 Å². The summed E-state index contributed by atoms with van der Waals surface area (Å²) in [6.45, 7) is 1.92. The molecule has 0 radical (unpaired) electrons. The summed E-state index contributed by atoms with van der Waals surface area (Å²) in [5.74, 6) is -0.411. The molecule has 8 nitrogen and oxygen atoms in total. The Bertz CT molecular complexity index is 1260. The molecule has 4 rings (SSSR count). The van der Waals surface area contributed by atoms with Crippen molar-refractivity contribution in [2.45, 2.75) is 24.7 Å². The third-order valence-corrected chi connectivity index (χ3v) is 6.49. The number of sulfonamides is 1. The third-order valence-electron chi connectivity index (χ3n) is 5.09. The van der Waals surface area contributed by atoms with E-state index in [4.69, 9.17) is 0 Å².